The van der Waals surface area contributed by atoms with E-state index in [1.54, 1.807) is 24.3 Å². The van der Waals surface area contributed by atoms with E-state index in [2.05, 4.69) is 10.6 Å². The van der Waals surface area contributed by atoms with E-state index in [1.165, 1.54) is 11.0 Å². The van der Waals surface area contributed by atoms with Gasteiger partial charge < -0.3 is 26.0 Å². The molecule has 0 bridgehead atoms. The van der Waals surface area contributed by atoms with Gasteiger partial charge in [-0.2, -0.15) is 13.2 Å². The van der Waals surface area contributed by atoms with Crippen LogP contribution in [0.25, 0.3) is 0 Å². The van der Waals surface area contributed by atoms with E-state index in [4.69, 9.17) is 10.5 Å². The number of carbonyl (C=O) groups is 4. The number of fused-ring (bicyclic) bond motifs is 1. The summed E-state index contributed by atoms with van der Waals surface area (Å²) < 4.78 is 47.3. The lowest BCUT2D eigenvalue weighted by Crippen LogP contribution is -2.55. The van der Waals surface area contributed by atoms with Crippen LogP contribution in [-0.4, -0.2) is 58.5 Å². The van der Waals surface area contributed by atoms with Gasteiger partial charge in [0.25, 0.3) is 11.8 Å². The molecule has 46 heavy (non-hydrogen) atoms. The topological polar surface area (TPSA) is 134 Å². The predicted octanol–water partition coefficient (Wildman–Crippen LogP) is 4.05. The Hall–Kier alpha value is -4.65. The monoisotopic (exact) mass is 637 g/mol. The molecule has 4 N–H and O–H groups in total. The van der Waals surface area contributed by atoms with Crippen molar-refractivity contribution in [2.75, 3.05) is 6.67 Å². The minimum Gasteiger partial charge on any atom is -0.488 e. The molecule has 2 fully saturated rings. The number of carbonyl (C=O) groups excluding carboxylic acids is 4. The van der Waals surface area contributed by atoms with Gasteiger partial charge in [0.2, 0.25) is 5.91 Å². The zero-order valence-corrected chi connectivity index (χ0v) is 24.9. The van der Waals surface area contributed by atoms with Crippen LogP contribution in [0.4, 0.5) is 18.0 Å². The summed E-state index contributed by atoms with van der Waals surface area (Å²) in [5, 5.41) is 5.52. The lowest BCUT2D eigenvalue weighted by Gasteiger charge is -2.34. The Balaban J connectivity index is 1.17. The average molecular weight is 638 g/mol. The molecular weight excluding hydrogens is 603 g/mol. The number of amides is 5. The molecule has 13 heteroatoms. The SMILES string of the molecule is NCN1C(=O)CCC(N2Cc3c(ccc(CNC(=O)NC4C=CC=C(C5(C(F)(F)F)CC5)C4)c3OCc3ccccc3)C2=O)C1=O. The van der Waals surface area contributed by atoms with Crippen molar-refractivity contribution in [1.29, 1.82) is 0 Å². The van der Waals surface area contributed by atoms with Crippen LogP contribution in [0, 0.1) is 5.41 Å². The lowest BCUT2D eigenvalue weighted by molar-refractivity contribution is -0.176. The quantitative estimate of drug-likeness (QED) is 0.356. The van der Waals surface area contributed by atoms with E-state index < -0.39 is 35.6 Å². The third-order valence-corrected chi connectivity index (χ3v) is 9.17. The van der Waals surface area contributed by atoms with Crippen LogP contribution in [0.15, 0.2) is 66.3 Å². The number of alkyl halides is 3. The zero-order chi connectivity index (χ0) is 32.6. The van der Waals surface area contributed by atoms with Gasteiger partial charge in [0.15, 0.2) is 0 Å². The molecule has 0 aromatic heterocycles. The van der Waals surface area contributed by atoms with Gasteiger partial charge in [-0.15, -0.1) is 0 Å². The summed E-state index contributed by atoms with van der Waals surface area (Å²) >= 11 is 0. The van der Waals surface area contributed by atoms with Gasteiger partial charge in [0, 0.05) is 29.7 Å². The zero-order valence-electron chi connectivity index (χ0n) is 24.9. The second-order valence-electron chi connectivity index (χ2n) is 12.0. The number of benzene rings is 2. The number of ether oxygens (including phenoxy) is 1. The molecule has 1 saturated heterocycles. The van der Waals surface area contributed by atoms with Crippen LogP contribution in [0.2, 0.25) is 0 Å². The van der Waals surface area contributed by atoms with Crippen molar-refractivity contribution in [3.05, 3.63) is 88.5 Å². The molecule has 5 amide bonds. The van der Waals surface area contributed by atoms with E-state index in [0.29, 0.717) is 22.4 Å². The number of piperidine rings is 1. The Morgan fingerprint density at radius 1 is 1.09 bits per heavy atom. The highest BCUT2D eigenvalue weighted by molar-refractivity contribution is 6.05. The first kappa shape index (κ1) is 31.3. The molecule has 10 nitrogen and oxygen atoms in total. The molecule has 2 unspecified atom stereocenters. The maximum absolute atomic E-state index is 13.7. The van der Waals surface area contributed by atoms with Crippen molar-refractivity contribution in [3.63, 3.8) is 0 Å². The first-order chi connectivity index (χ1) is 22.0. The van der Waals surface area contributed by atoms with E-state index >= 15 is 0 Å². The number of rotatable bonds is 9. The second-order valence-corrected chi connectivity index (χ2v) is 12.0. The van der Waals surface area contributed by atoms with Gasteiger partial charge in [0.1, 0.15) is 18.4 Å². The van der Waals surface area contributed by atoms with Crippen LogP contribution in [0.3, 0.4) is 0 Å². The number of likely N-dealkylation sites (tertiary alicyclic amines) is 1. The number of urea groups is 1. The van der Waals surface area contributed by atoms with Gasteiger partial charge in [-0.3, -0.25) is 19.3 Å². The van der Waals surface area contributed by atoms with Crippen molar-refractivity contribution in [2.45, 2.75) is 70.1 Å². The first-order valence-electron chi connectivity index (χ1n) is 15.2. The number of hydrogen-bond acceptors (Lipinski definition) is 6. The number of hydrogen-bond donors (Lipinski definition) is 3. The maximum Gasteiger partial charge on any atom is 0.398 e. The molecule has 1 saturated carbocycles. The van der Waals surface area contributed by atoms with Crippen molar-refractivity contribution in [2.24, 2.45) is 11.1 Å². The molecule has 2 aromatic rings. The molecule has 2 aliphatic heterocycles. The summed E-state index contributed by atoms with van der Waals surface area (Å²) in [5.74, 6) is -0.893. The summed E-state index contributed by atoms with van der Waals surface area (Å²) in [5.41, 5.74) is 6.46. The molecule has 6 rings (SSSR count). The molecule has 2 aliphatic carbocycles. The molecule has 242 valence electrons. The fraction of sp³-hybridized carbons (Fsp3) is 0.394. The van der Waals surface area contributed by atoms with E-state index in [9.17, 15) is 32.3 Å². The lowest BCUT2D eigenvalue weighted by atomic mass is 9.86. The second kappa shape index (κ2) is 12.3. The number of nitrogens with two attached hydrogens (primary N) is 1. The highest BCUT2D eigenvalue weighted by Crippen LogP contribution is 2.63. The third-order valence-electron chi connectivity index (χ3n) is 9.17. The standard InChI is InChI=1S/C33H34F3N5O5/c34-33(35,36)32(13-14-32)22-7-4-8-23(15-22)39-31(45)38-16-21-9-10-24-25(28(21)46-18-20-5-2-1-3-6-20)17-40(29(24)43)26-11-12-27(42)41(19-37)30(26)44/h1-10,23,26H,11-19,37H2,(H2,38,39,45). The Morgan fingerprint density at radius 3 is 2.54 bits per heavy atom. The smallest absolute Gasteiger partial charge is 0.398 e. The van der Waals surface area contributed by atoms with Crippen LogP contribution in [0.1, 0.15) is 59.2 Å². The first-order valence-corrected chi connectivity index (χ1v) is 15.2. The van der Waals surface area contributed by atoms with Gasteiger partial charge >= 0.3 is 12.2 Å². The van der Waals surface area contributed by atoms with Gasteiger partial charge in [-0.1, -0.05) is 60.2 Å². The predicted molar refractivity (Wildman–Crippen MR) is 160 cm³/mol. The Bertz CT molecular complexity index is 1620. The van der Waals surface area contributed by atoms with E-state index in [1.807, 2.05) is 30.3 Å². The summed E-state index contributed by atoms with van der Waals surface area (Å²) in [6, 6.07) is 10.6. The van der Waals surface area contributed by atoms with Crippen molar-refractivity contribution < 1.29 is 37.1 Å². The number of allylic oxidation sites excluding steroid dienone is 2. The largest absolute Gasteiger partial charge is 0.488 e. The van der Waals surface area contributed by atoms with Crippen LogP contribution < -0.4 is 21.1 Å². The summed E-state index contributed by atoms with van der Waals surface area (Å²) in [7, 11) is 0. The number of imide groups is 1. The third kappa shape index (κ3) is 5.86. The molecule has 0 spiro atoms. The van der Waals surface area contributed by atoms with Crippen molar-refractivity contribution in [3.8, 4) is 5.75 Å². The molecule has 2 atom stereocenters. The van der Waals surface area contributed by atoms with Crippen molar-refractivity contribution in [1.82, 2.24) is 20.4 Å². The number of nitrogens with zero attached hydrogens (tertiary/aromatic N) is 2. The summed E-state index contributed by atoms with van der Waals surface area (Å²) in [6.07, 6.45) is 0.809. The van der Waals surface area contributed by atoms with Crippen LogP contribution in [0.5, 0.6) is 5.75 Å². The van der Waals surface area contributed by atoms with Crippen LogP contribution in [-0.2, 0) is 29.3 Å². The normalized spacial score (nSPS) is 22.0. The van der Waals surface area contributed by atoms with E-state index in [-0.39, 0.29) is 75.9 Å². The molecule has 0 radical (unpaired) electrons. The number of halogens is 3. The molecular formula is C33H34F3N5O5. The Labute approximate surface area is 263 Å². The van der Waals surface area contributed by atoms with Gasteiger partial charge in [0.05, 0.1) is 24.7 Å². The molecule has 2 aromatic carbocycles. The Morgan fingerprint density at radius 2 is 1.85 bits per heavy atom. The minimum absolute atomic E-state index is 0.000852. The average Bonchev–Trinajstić information content (AvgIpc) is 3.80. The fourth-order valence-electron chi connectivity index (χ4n) is 6.47. The van der Waals surface area contributed by atoms with Gasteiger partial charge in [-0.05, 0) is 37.3 Å². The molecule has 4 aliphatic rings. The highest BCUT2D eigenvalue weighted by atomic mass is 19.4. The summed E-state index contributed by atoms with van der Waals surface area (Å²) in [6.45, 7) is -0.0412. The minimum atomic E-state index is -4.33. The fourth-order valence-corrected chi connectivity index (χ4v) is 6.47. The van der Waals surface area contributed by atoms with Gasteiger partial charge in [-0.25, -0.2) is 4.79 Å². The maximum atomic E-state index is 13.7. The number of nitrogens with one attached hydrogen (secondary N) is 2. The Kier molecular flexibility index (Phi) is 8.36. The van der Waals surface area contributed by atoms with Crippen LogP contribution >= 0.6 is 0 Å². The highest BCUT2D eigenvalue weighted by Gasteiger charge is 2.65. The van der Waals surface area contributed by atoms with Crippen molar-refractivity contribution >= 4 is 23.8 Å². The molecule has 2 heterocycles. The summed E-state index contributed by atoms with van der Waals surface area (Å²) in [4.78, 5) is 54.1. The van der Waals surface area contributed by atoms with E-state index in [0.717, 1.165) is 10.5 Å².